The Balaban J connectivity index is 1.76. The summed E-state index contributed by atoms with van der Waals surface area (Å²) in [4.78, 5) is 27.0. The molecule has 23 heavy (non-hydrogen) atoms. The average Bonchev–Trinajstić information content (AvgIpc) is 3.14. The summed E-state index contributed by atoms with van der Waals surface area (Å²) < 4.78 is 11.0. The lowest BCUT2D eigenvalue weighted by atomic mass is 9.73. The van der Waals surface area contributed by atoms with Crippen LogP contribution in [0.5, 0.6) is 5.75 Å². The van der Waals surface area contributed by atoms with E-state index in [4.69, 9.17) is 9.47 Å². The van der Waals surface area contributed by atoms with E-state index >= 15 is 0 Å². The van der Waals surface area contributed by atoms with E-state index in [1.165, 1.54) is 4.90 Å². The normalized spacial score (nSPS) is 37.6. The first-order chi connectivity index (χ1) is 11.0. The van der Waals surface area contributed by atoms with Gasteiger partial charge in [-0.2, -0.15) is 0 Å². The van der Waals surface area contributed by atoms with Crippen LogP contribution in [0.3, 0.4) is 0 Å². The van der Waals surface area contributed by atoms with E-state index in [-0.39, 0.29) is 18.4 Å². The highest BCUT2D eigenvalue weighted by atomic mass is 16.5. The van der Waals surface area contributed by atoms with Crippen molar-refractivity contribution >= 4 is 17.5 Å². The fourth-order valence-corrected chi connectivity index (χ4v) is 4.03. The minimum absolute atomic E-state index is 0.285. The van der Waals surface area contributed by atoms with Gasteiger partial charge in [0.25, 0.3) is 0 Å². The number of rotatable bonds is 3. The van der Waals surface area contributed by atoms with Crippen molar-refractivity contribution in [2.24, 2.45) is 11.8 Å². The Labute approximate surface area is 133 Å². The molecule has 0 aromatic heterocycles. The summed E-state index contributed by atoms with van der Waals surface area (Å²) >= 11 is 0. The Morgan fingerprint density at radius 3 is 2.43 bits per heavy atom. The van der Waals surface area contributed by atoms with Crippen molar-refractivity contribution in [1.82, 2.24) is 0 Å². The fourth-order valence-electron chi connectivity index (χ4n) is 4.03. The number of hydrogen-bond acceptors (Lipinski definition) is 5. The third kappa shape index (κ3) is 1.65. The number of methoxy groups -OCH3 is 1. The topological polar surface area (TPSA) is 76.1 Å². The predicted octanol–water partition coefficient (Wildman–Crippen LogP) is 0.891. The highest BCUT2D eigenvalue weighted by Gasteiger charge is 2.72. The number of fused-ring (bicyclic) bond motifs is 5. The van der Waals surface area contributed by atoms with Crippen LogP contribution in [-0.2, 0) is 14.3 Å². The van der Waals surface area contributed by atoms with Gasteiger partial charge in [-0.25, -0.2) is 4.90 Å². The molecular weight excluding hydrogens is 298 g/mol. The van der Waals surface area contributed by atoms with E-state index in [0.29, 0.717) is 11.4 Å². The zero-order valence-corrected chi connectivity index (χ0v) is 12.9. The molecule has 0 unspecified atom stereocenters. The van der Waals surface area contributed by atoms with Crippen LogP contribution in [0.2, 0.25) is 0 Å². The number of ether oxygens (including phenoxy) is 2. The second-order valence-corrected chi connectivity index (χ2v) is 6.40. The predicted molar refractivity (Wildman–Crippen MR) is 80.9 cm³/mol. The van der Waals surface area contributed by atoms with Crippen LogP contribution in [0.1, 0.15) is 6.92 Å². The summed E-state index contributed by atoms with van der Waals surface area (Å²) in [6.45, 7) is 1.46. The van der Waals surface area contributed by atoms with E-state index in [1.807, 2.05) is 0 Å². The van der Waals surface area contributed by atoms with Crippen molar-refractivity contribution in [3.63, 3.8) is 0 Å². The van der Waals surface area contributed by atoms with Crippen LogP contribution in [0.15, 0.2) is 36.4 Å². The summed E-state index contributed by atoms with van der Waals surface area (Å²) in [7, 11) is 1.55. The molecule has 0 spiro atoms. The van der Waals surface area contributed by atoms with Gasteiger partial charge < -0.3 is 14.6 Å². The maximum absolute atomic E-state index is 12.9. The Morgan fingerprint density at radius 2 is 1.83 bits per heavy atom. The minimum Gasteiger partial charge on any atom is -0.497 e. The van der Waals surface area contributed by atoms with Gasteiger partial charge in [0.05, 0.1) is 36.8 Å². The molecule has 6 heteroatoms. The third-order valence-corrected chi connectivity index (χ3v) is 5.13. The molecule has 1 N–H and O–H groups in total. The molecule has 3 aliphatic rings. The number of amides is 2. The van der Waals surface area contributed by atoms with Gasteiger partial charge in [0.1, 0.15) is 11.4 Å². The van der Waals surface area contributed by atoms with Crippen molar-refractivity contribution in [3.05, 3.63) is 36.4 Å². The number of carbonyl (C=O) groups is 2. The summed E-state index contributed by atoms with van der Waals surface area (Å²) in [5, 5.41) is 9.76. The smallest absolute Gasteiger partial charge is 0.241 e. The number of anilines is 1. The van der Waals surface area contributed by atoms with Gasteiger partial charge in [-0.3, -0.25) is 9.59 Å². The summed E-state index contributed by atoms with van der Waals surface area (Å²) in [6, 6.07) is 6.77. The fraction of sp³-hybridized carbons (Fsp3) is 0.412. The average molecular weight is 315 g/mol. The molecule has 3 heterocycles. The third-order valence-electron chi connectivity index (χ3n) is 5.13. The summed E-state index contributed by atoms with van der Waals surface area (Å²) in [6.07, 6.45) is 3.50. The molecule has 2 bridgehead atoms. The molecule has 2 amide bonds. The van der Waals surface area contributed by atoms with E-state index in [1.54, 1.807) is 50.5 Å². The molecular formula is C17H17NO5. The SMILES string of the molecule is COc1ccc(N2C(=O)[C@@H]3[C@H](C2=O)[C@@]2(C)C=C[C@@]3(CO)O2)cc1. The first-order valence-electron chi connectivity index (χ1n) is 7.49. The maximum Gasteiger partial charge on any atom is 0.241 e. The van der Waals surface area contributed by atoms with Crippen molar-refractivity contribution in [3.8, 4) is 5.75 Å². The zero-order chi connectivity index (χ0) is 16.4. The Morgan fingerprint density at radius 1 is 1.17 bits per heavy atom. The lowest BCUT2D eigenvalue weighted by molar-refractivity contribution is -0.131. The van der Waals surface area contributed by atoms with Gasteiger partial charge >= 0.3 is 0 Å². The van der Waals surface area contributed by atoms with E-state index < -0.39 is 23.0 Å². The van der Waals surface area contributed by atoms with Gasteiger partial charge in [-0.1, -0.05) is 12.2 Å². The number of hydrogen-bond donors (Lipinski definition) is 1. The van der Waals surface area contributed by atoms with E-state index in [9.17, 15) is 14.7 Å². The van der Waals surface area contributed by atoms with Gasteiger partial charge in [-0.15, -0.1) is 0 Å². The second-order valence-electron chi connectivity index (χ2n) is 6.40. The molecule has 0 saturated carbocycles. The molecule has 0 radical (unpaired) electrons. The Kier molecular flexibility index (Phi) is 2.77. The van der Waals surface area contributed by atoms with Crippen LogP contribution in [0.25, 0.3) is 0 Å². The molecule has 120 valence electrons. The van der Waals surface area contributed by atoms with Crippen LogP contribution >= 0.6 is 0 Å². The number of benzene rings is 1. The molecule has 2 saturated heterocycles. The van der Waals surface area contributed by atoms with Gasteiger partial charge in [0, 0.05) is 0 Å². The van der Waals surface area contributed by atoms with Crippen molar-refractivity contribution in [2.75, 3.05) is 18.6 Å². The monoisotopic (exact) mass is 315 g/mol. The molecule has 4 atom stereocenters. The highest BCUT2D eigenvalue weighted by molar-refractivity contribution is 6.23. The quantitative estimate of drug-likeness (QED) is 0.662. The number of carbonyl (C=O) groups excluding carboxylic acids is 2. The molecule has 6 nitrogen and oxygen atoms in total. The summed E-state index contributed by atoms with van der Waals surface area (Å²) in [5.74, 6) is -1.25. The van der Waals surface area contributed by atoms with Gasteiger partial charge in [0.15, 0.2) is 0 Å². The molecule has 0 aliphatic carbocycles. The maximum atomic E-state index is 12.9. The lowest BCUT2D eigenvalue weighted by Gasteiger charge is -2.26. The highest BCUT2D eigenvalue weighted by Crippen LogP contribution is 2.57. The van der Waals surface area contributed by atoms with Crippen molar-refractivity contribution in [2.45, 2.75) is 18.1 Å². The van der Waals surface area contributed by atoms with E-state index in [2.05, 4.69) is 0 Å². The second kappa shape index (κ2) is 4.43. The lowest BCUT2D eigenvalue weighted by Crippen LogP contribution is -2.43. The van der Waals surface area contributed by atoms with Crippen LogP contribution in [-0.4, -0.2) is 41.8 Å². The Hall–Kier alpha value is -2.18. The van der Waals surface area contributed by atoms with Gasteiger partial charge in [0.2, 0.25) is 11.8 Å². The molecule has 1 aromatic rings. The largest absolute Gasteiger partial charge is 0.497 e. The Bertz CT molecular complexity index is 727. The minimum atomic E-state index is -1.09. The van der Waals surface area contributed by atoms with Crippen LogP contribution in [0.4, 0.5) is 5.69 Å². The summed E-state index contributed by atoms with van der Waals surface area (Å²) in [5.41, 5.74) is -1.43. The molecule has 2 fully saturated rings. The van der Waals surface area contributed by atoms with Crippen LogP contribution in [0, 0.1) is 11.8 Å². The standard InChI is InChI=1S/C17H17NO5/c1-16-7-8-17(9-19,23-16)13-12(16)14(20)18(15(13)21)10-3-5-11(22-2)6-4-10/h3-8,12-13,19H,9H2,1-2H3/t12-,13+,16-,17+/m1/s1. The number of nitrogens with zero attached hydrogens (tertiary/aromatic N) is 1. The molecule has 1 aromatic carbocycles. The van der Waals surface area contributed by atoms with E-state index in [0.717, 1.165) is 0 Å². The van der Waals surface area contributed by atoms with Crippen LogP contribution < -0.4 is 9.64 Å². The number of imide groups is 1. The first-order valence-corrected chi connectivity index (χ1v) is 7.49. The van der Waals surface area contributed by atoms with Gasteiger partial charge in [-0.05, 0) is 31.2 Å². The molecule has 4 rings (SSSR count). The number of aliphatic hydroxyl groups excluding tert-OH is 1. The van der Waals surface area contributed by atoms with Crippen molar-refractivity contribution < 1.29 is 24.2 Å². The number of aliphatic hydroxyl groups is 1. The zero-order valence-electron chi connectivity index (χ0n) is 12.9. The first kappa shape index (κ1) is 14.4. The van der Waals surface area contributed by atoms with Crippen molar-refractivity contribution in [1.29, 1.82) is 0 Å². The molecule has 3 aliphatic heterocycles.